The second-order valence-electron chi connectivity index (χ2n) is 9.41. The third-order valence-corrected chi connectivity index (χ3v) is 6.61. The van der Waals surface area contributed by atoms with Gasteiger partial charge in [0, 0.05) is 45.6 Å². The molecule has 0 unspecified atom stereocenters. The van der Waals surface area contributed by atoms with Crippen LogP contribution in [0.1, 0.15) is 24.0 Å². The molecular weight excluding hydrogens is 438 g/mol. The highest BCUT2D eigenvalue weighted by Crippen LogP contribution is 2.28. The fourth-order valence-electron chi connectivity index (χ4n) is 4.54. The number of carbonyl (C=O) groups excluding carboxylic acids is 1. The average molecular weight is 470 g/mol. The van der Waals surface area contributed by atoms with Crippen molar-refractivity contribution in [1.82, 2.24) is 25.1 Å². The molecule has 8 heteroatoms. The number of fused-ring (bicyclic) bond motifs is 1. The lowest BCUT2D eigenvalue weighted by Crippen LogP contribution is -2.43. The van der Waals surface area contributed by atoms with Gasteiger partial charge in [0.05, 0.1) is 17.0 Å². The summed E-state index contributed by atoms with van der Waals surface area (Å²) in [7, 11) is 4.04. The summed E-state index contributed by atoms with van der Waals surface area (Å²) in [4.78, 5) is 26.2. The highest BCUT2D eigenvalue weighted by Gasteiger charge is 2.28. The lowest BCUT2D eigenvalue weighted by atomic mass is 9.97. The number of piperidine rings is 1. The number of aromatic nitrogens is 4. The number of rotatable bonds is 6. The second-order valence-corrected chi connectivity index (χ2v) is 9.41. The Morgan fingerprint density at radius 1 is 1.09 bits per heavy atom. The van der Waals surface area contributed by atoms with Gasteiger partial charge >= 0.3 is 0 Å². The van der Waals surface area contributed by atoms with Crippen LogP contribution >= 0.6 is 0 Å². The summed E-state index contributed by atoms with van der Waals surface area (Å²) in [6, 6.07) is 16.5. The number of anilines is 2. The molecule has 2 aromatic heterocycles. The maximum absolute atomic E-state index is 13.0. The molecule has 5 rings (SSSR count). The molecule has 1 aliphatic heterocycles. The monoisotopic (exact) mass is 469 g/mol. The molecule has 180 valence electrons. The van der Waals surface area contributed by atoms with Gasteiger partial charge in [0.1, 0.15) is 12.1 Å². The highest BCUT2D eigenvalue weighted by molar-refractivity contribution is 5.87. The number of amides is 1. The zero-order valence-corrected chi connectivity index (χ0v) is 20.5. The molecular formula is C27H31N7O. The van der Waals surface area contributed by atoms with Gasteiger partial charge in [-0.3, -0.25) is 4.79 Å². The van der Waals surface area contributed by atoms with E-state index in [0.29, 0.717) is 18.7 Å². The van der Waals surface area contributed by atoms with Gasteiger partial charge in [0.15, 0.2) is 5.65 Å². The summed E-state index contributed by atoms with van der Waals surface area (Å²) >= 11 is 0. The van der Waals surface area contributed by atoms with Crippen molar-refractivity contribution >= 4 is 28.4 Å². The first-order valence-electron chi connectivity index (χ1n) is 12.0. The molecule has 1 atom stereocenters. The minimum absolute atomic E-state index is 0.0815. The maximum atomic E-state index is 13.0. The van der Waals surface area contributed by atoms with Crippen molar-refractivity contribution in [3.63, 3.8) is 0 Å². The van der Waals surface area contributed by atoms with Gasteiger partial charge in [-0.2, -0.15) is 0 Å². The smallest absolute Gasteiger partial charge is 0.225 e. The van der Waals surface area contributed by atoms with Crippen molar-refractivity contribution in [2.24, 2.45) is 5.92 Å². The van der Waals surface area contributed by atoms with Gasteiger partial charge in [-0.1, -0.05) is 29.8 Å². The van der Waals surface area contributed by atoms with Crippen LogP contribution in [0.5, 0.6) is 0 Å². The van der Waals surface area contributed by atoms with E-state index >= 15 is 0 Å². The van der Waals surface area contributed by atoms with Crippen LogP contribution in [0.2, 0.25) is 0 Å². The van der Waals surface area contributed by atoms with Gasteiger partial charge in [-0.15, -0.1) is 5.10 Å². The van der Waals surface area contributed by atoms with E-state index in [-0.39, 0.29) is 11.8 Å². The van der Waals surface area contributed by atoms with Crippen LogP contribution in [0, 0.1) is 12.8 Å². The Hall–Kier alpha value is -3.94. The van der Waals surface area contributed by atoms with Gasteiger partial charge in [-0.25, -0.2) is 14.6 Å². The van der Waals surface area contributed by atoms with Crippen molar-refractivity contribution in [1.29, 1.82) is 0 Å². The Bertz CT molecular complexity index is 1310. The number of hydrogen-bond donors (Lipinski definition) is 1. The van der Waals surface area contributed by atoms with Gasteiger partial charge in [-0.05, 0) is 49.6 Å². The van der Waals surface area contributed by atoms with Gasteiger partial charge in [0.25, 0.3) is 0 Å². The van der Waals surface area contributed by atoms with E-state index in [1.54, 1.807) is 6.33 Å². The molecule has 0 saturated carbocycles. The fourth-order valence-corrected chi connectivity index (χ4v) is 4.54. The molecule has 1 amide bonds. The second kappa shape index (κ2) is 9.74. The molecule has 1 aliphatic rings. The van der Waals surface area contributed by atoms with E-state index in [9.17, 15) is 4.79 Å². The topological polar surface area (TPSA) is 79.2 Å². The molecule has 2 aromatic carbocycles. The third-order valence-electron chi connectivity index (χ3n) is 6.61. The first-order chi connectivity index (χ1) is 17.0. The lowest BCUT2D eigenvalue weighted by Gasteiger charge is -2.33. The van der Waals surface area contributed by atoms with E-state index in [0.717, 1.165) is 47.5 Å². The van der Waals surface area contributed by atoms with Crippen LogP contribution in [-0.4, -0.2) is 52.8 Å². The molecule has 0 radical (unpaired) electrons. The molecule has 35 heavy (non-hydrogen) atoms. The molecule has 0 bridgehead atoms. The molecule has 1 N–H and O–H groups in total. The summed E-state index contributed by atoms with van der Waals surface area (Å²) < 4.78 is 1.85. The summed E-state index contributed by atoms with van der Waals surface area (Å²) in [5.41, 5.74) is 5.08. The number of hydrogen-bond acceptors (Lipinski definition) is 6. The Morgan fingerprint density at radius 3 is 2.60 bits per heavy atom. The van der Waals surface area contributed by atoms with Crippen molar-refractivity contribution in [2.75, 3.05) is 37.0 Å². The summed E-state index contributed by atoms with van der Waals surface area (Å²) in [6.07, 6.45) is 5.35. The fraction of sp³-hybridized carbons (Fsp3) is 0.333. The molecule has 0 spiro atoms. The standard InChI is InChI=1S/C27H31N7O/c1-19-6-10-23(11-7-19)34-17-24-25(31-34)29-18-30-26(24)33-14-4-5-21(16-33)27(35)28-15-20-8-12-22(13-9-20)32(2)3/h6-13,17-18,21H,4-5,14-16H2,1-3H3,(H,28,35)/t21-/m0/s1. The third kappa shape index (κ3) is 4.96. The molecule has 0 aliphatic carbocycles. The minimum Gasteiger partial charge on any atom is -0.378 e. The van der Waals surface area contributed by atoms with E-state index in [1.165, 1.54) is 5.56 Å². The van der Waals surface area contributed by atoms with Crippen molar-refractivity contribution in [3.05, 3.63) is 72.2 Å². The van der Waals surface area contributed by atoms with Crippen LogP contribution in [0.25, 0.3) is 16.7 Å². The maximum Gasteiger partial charge on any atom is 0.225 e. The average Bonchev–Trinajstić information content (AvgIpc) is 3.32. The number of nitrogens with one attached hydrogen (secondary N) is 1. The first-order valence-corrected chi connectivity index (χ1v) is 12.0. The van der Waals surface area contributed by atoms with Crippen molar-refractivity contribution in [3.8, 4) is 5.69 Å². The molecule has 3 heterocycles. The first kappa shape index (κ1) is 22.8. The van der Waals surface area contributed by atoms with Crippen LogP contribution < -0.4 is 15.1 Å². The van der Waals surface area contributed by atoms with Crippen molar-refractivity contribution < 1.29 is 4.79 Å². The summed E-state index contributed by atoms with van der Waals surface area (Å²) in [5.74, 6) is 0.846. The van der Waals surface area contributed by atoms with E-state index in [1.807, 2.05) is 37.1 Å². The SMILES string of the molecule is Cc1ccc(-n2cc3c(N4CCC[C@H](C(=O)NCc5ccc(N(C)C)cc5)C4)ncnc3n2)cc1. The lowest BCUT2D eigenvalue weighted by molar-refractivity contribution is -0.125. The van der Waals surface area contributed by atoms with Gasteiger partial charge < -0.3 is 15.1 Å². The largest absolute Gasteiger partial charge is 0.378 e. The Kier molecular flexibility index (Phi) is 6.35. The number of aryl methyl sites for hydroxylation is 1. The van der Waals surface area contributed by atoms with Crippen LogP contribution in [-0.2, 0) is 11.3 Å². The molecule has 4 aromatic rings. The zero-order chi connectivity index (χ0) is 24.4. The van der Waals surface area contributed by atoms with E-state index < -0.39 is 0 Å². The van der Waals surface area contributed by atoms with Crippen molar-refractivity contribution in [2.45, 2.75) is 26.3 Å². The predicted molar refractivity (Wildman–Crippen MR) is 139 cm³/mol. The summed E-state index contributed by atoms with van der Waals surface area (Å²) in [5, 5.41) is 8.69. The minimum atomic E-state index is -0.0815. The van der Waals surface area contributed by atoms with Crippen LogP contribution in [0.3, 0.4) is 0 Å². The van der Waals surface area contributed by atoms with E-state index in [4.69, 9.17) is 0 Å². The number of benzene rings is 2. The highest BCUT2D eigenvalue weighted by atomic mass is 16.1. The van der Waals surface area contributed by atoms with Crippen LogP contribution in [0.15, 0.2) is 61.1 Å². The summed E-state index contributed by atoms with van der Waals surface area (Å²) in [6.45, 7) is 4.09. The Balaban J connectivity index is 1.29. The number of carbonyl (C=O) groups is 1. The number of nitrogens with zero attached hydrogens (tertiary/aromatic N) is 6. The molecule has 1 fully saturated rings. The zero-order valence-electron chi connectivity index (χ0n) is 20.5. The quantitative estimate of drug-likeness (QED) is 0.464. The van der Waals surface area contributed by atoms with E-state index in [2.05, 4.69) is 73.5 Å². The Labute approximate surface area is 205 Å². The normalized spacial score (nSPS) is 15.9. The Morgan fingerprint density at radius 2 is 1.86 bits per heavy atom. The van der Waals surface area contributed by atoms with Gasteiger partial charge in [0.2, 0.25) is 5.91 Å². The predicted octanol–water partition coefficient (Wildman–Crippen LogP) is 3.72. The molecule has 8 nitrogen and oxygen atoms in total. The molecule has 1 saturated heterocycles. The van der Waals surface area contributed by atoms with Crippen LogP contribution in [0.4, 0.5) is 11.5 Å².